The van der Waals surface area contributed by atoms with Crippen LogP contribution in [0.15, 0.2) is 48.5 Å². The zero-order chi connectivity index (χ0) is 13.7. The van der Waals surface area contributed by atoms with Gasteiger partial charge in [-0.15, -0.1) is 0 Å². The molecule has 0 aliphatic heterocycles. The lowest BCUT2D eigenvalue weighted by Crippen LogP contribution is -2.12. The molecule has 0 spiro atoms. The molecule has 0 aliphatic rings. The second kappa shape index (κ2) is 5.82. The van der Waals surface area contributed by atoms with Gasteiger partial charge in [0.2, 0.25) is 6.41 Å². The fourth-order valence-electron chi connectivity index (χ4n) is 1.75. The molecule has 0 atom stereocenters. The van der Waals surface area contributed by atoms with Gasteiger partial charge in [-0.3, -0.25) is 9.59 Å². The van der Waals surface area contributed by atoms with E-state index in [0.717, 1.165) is 11.3 Å². The first-order chi connectivity index (χ1) is 9.20. The van der Waals surface area contributed by atoms with Gasteiger partial charge in [0.1, 0.15) is 0 Å². The Bertz CT molecular complexity index is 594. The summed E-state index contributed by atoms with van der Waals surface area (Å²) in [6.07, 6.45) is 0.622. The van der Waals surface area contributed by atoms with E-state index in [9.17, 15) is 9.59 Å². The molecule has 0 radical (unpaired) electrons. The van der Waals surface area contributed by atoms with Crippen molar-refractivity contribution in [3.8, 4) is 0 Å². The van der Waals surface area contributed by atoms with E-state index in [0.29, 0.717) is 17.7 Å². The molecule has 0 fully saturated rings. The Morgan fingerprint density at radius 2 is 1.84 bits per heavy atom. The zero-order valence-corrected chi connectivity index (χ0v) is 10.5. The van der Waals surface area contributed by atoms with Gasteiger partial charge in [-0.25, -0.2) is 0 Å². The number of anilines is 2. The number of carbonyl (C=O) groups excluding carboxylic acids is 2. The lowest BCUT2D eigenvalue weighted by molar-refractivity contribution is -0.105. The first-order valence-electron chi connectivity index (χ1n) is 5.88. The van der Waals surface area contributed by atoms with Crippen LogP contribution in [0.2, 0.25) is 0 Å². The maximum atomic E-state index is 12.0. The Labute approximate surface area is 111 Å². The quantitative estimate of drug-likeness (QED) is 0.824. The van der Waals surface area contributed by atoms with Crippen LogP contribution in [0, 0.1) is 6.92 Å². The minimum Gasteiger partial charge on any atom is -0.329 e. The second-order valence-electron chi connectivity index (χ2n) is 4.11. The van der Waals surface area contributed by atoms with Gasteiger partial charge in [-0.2, -0.15) is 0 Å². The molecular formula is C15H14N2O2. The molecule has 0 saturated carbocycles. The Kier molecular flexibility index (Phi) is 3.93. The lowest BCUT2D eigenvalue weighted by atomic mass is 10.1. The van der Waals surface area contributed by atoms with Crippen LogP contribution in [0.1, 0.15) is 15.9 Å². The fourth-order valence-corrected chi connectivity index (χ4v) is 1.75. The number of benzene rings is 2. The van der Waals surface area contributed by atoms with Gasteiger partial charge in [-0.05, 0) is 42.8 Å². The highest BCUT2D eigenvalue weighted by Crippen LogP contribution is 2.20. The number of carbonyl (C=O) groups is 2. The van der Waals surface area contributed by atoms with Gasteiger partial charge in [-0.1, -0.05) is 18.2 Å². The lowest BCUT2D eigenvalue weighted by Gasteiger charge is -2.09. The van der Waals surface area contributed by atoms with E-state index in [1.165, 1.54) is 0 Å². The molecule has 2 aromatic rings. The maximum Gasteiger partial charge on any atom is 0.255 e. The summed E-state index contributed by atoms with van der Waals surface area (Å²) in [5.41, 5.74) is 2.92. The molecule has 2 N–H and O–H groups in total. The van der Waals surface area contributed by atoms with Crippen LogP contribution in [0.25, 0.3) is 0 Å². The molecule has 4 heteroatoms. The number of hydrogen-bond acceptors (Lipinski definition) is 2. The van der Waals surface area contributed by atoms with Crippen LogP contribution >= 0.6 is 0 Å². The smallest absolute Gasteiger partial charge is 0.255 e. The van der Waals surface area contributed by atoms with Crippen molar-refractivity contribution in [1.82, 2.24) is 0 Å². The summed E-state index contributed by atoms with van der Waals surface area (Å²) in [5, 5.41) is 5.41. The first kappa shape index (κ1) is 12.8. The molecule has 0 heterocycles. The van der Waals surface area contributed by atoms with Crippen LogP contribution in [-0.2, 0) is 4.79 Å². The summed E-state index contributed by atoms with van der Waals surface area (Å²) in [6.45, 7) is 1.87. The zero-order valence-electron chi connectivity index (χ0n) is 10.5. The van der Waals surface area contributed by atoms with Crippen LogP contribution in [0.4, 0.5) is 11.4 Å². The second-order valence-corrected chi connectivity index (χ2v) is 4.11. The van der Waals surface area contributed by atoms with Gasteiger partial charge in [0.15, 0.2) is 0 Å². The summed E-state index contributed by atoms with van der Waals surface area (Å²) in [6, 6.07) is 14.3. The van der Waals surface area contributed by atoms with Crippen molar-refractivity contribution in [3.63, 3.8) is 0 Å². The van der Waals surface area contributed by atoms with Crippen LogP contribution < -0.4 is 10.6 Å². The molecule has 0 aromatic heterocycles. The molecule has 2 aromatic carbocycles. The Morgan fingerprint density at radius 1 is 1.11 bits per heavy atom. The topological polar surface area (TPSA) is 58.2 Å². The SMILES string of the molecule is Cc1cc(NC=O)ccc1NC(=O)c1ccccc1. The van der Waals surface area contributed by atoms with Crippen molar-refractivity contribution >= 4 is 23.7 Å². The van der Waals surface area contributed by atoms with E-state index in [4.69, 9.17) is 0 Å². The molecule has 96 valence electrons. The first-order valence-corrected chi connectivity index (χ1v) is 5.88. The van der Waals surface area contributed by atoms with Crippen molar-refractivity contribution in [2.75, 3.05) is 10.6 Å². The molecule has 0 aliphatic carbocycles. The predicted molar refractivity (Wildman–Crippen MR) is 75.3 cm³/mol. The summed E-state index contributed by atoms with van der Waals surface area (Å²) >= 11 is 0. The predicted octanol–water partition coefficient (Wildman–Crippen LogP) is 2.82. The third-order valence-electron chi connectivity index (χ3n) is 2.74. The maximum absolute atomic E-state index is 12.0. The van der Waals surface area contributed by atoms with Gasteiger partial charge >= 0.3 is 0 Å². The molecule has 2 rings (SSSR count). The number of aryl methyl sites for hydroxylation is 1. The highest BCUT2D eigenvalue weighted by Gasteiger charge is 2.07. The van der Waals surface area contributed by atoms with E-state index in [-0.39, 0.29) is 5.91 Å². The summed E-state index contributed by atoms with van der Waals surface area (Å²) in [4.78, 5) is 22.3. The van der Waals surface area contributed by atoms with Gasteiger partial charge in [0.05, 0.1) is 0 Å². The Morgan fingerprint density at radius 3 is 2.47 bits per heavy atom. The van der Waals surface area contributed by atoms with E-state index in [2.05, 4.69) is 10.6 Å². The van der Waals surface area contributed by atoms with E-state index < -0.39 is 0 Å². The minimum absolute atomic E-state index is 0.153. The normalized spacial score (nSPS) is 9.74. The Hall–Kier alpha value is -2.62. The molecule has 0 unspecified atom stereocenters. The largest absolute Gasteiger partial charge is 0.329 e. The summed E-state index contributed by atoms with van der Waals surface area (Å²) < 4.78 is 0. The molecular weight excluding hydrogens is 240 g/mol. The monoisotopic (exact) mass is 254 g/mol. The minimum atomic E-state index is -0.153. The fraction of sp³-hybridized carbons (Fsp3) is 0.0667. The average molecular weight is 254 g/mol. The van der Waals surface area contributed by atoms with E-state index >= 15 is 0 Å². The molecule has 2 amide bonds. The van der Waals surface area contributed by atoms with Crippen molar-refractivity contribution in [3.05, 3.63) is 59.7 Å². The molecule has 4 nitrogen and oxygen atoms in total. The van der Waals surface area contributed by atoms with Gasteiger partial charge < -0.3 is 10.6 Å². The van der Waals surface area contributed by atoms with Crippen molar-refractivity contribution in [1.29, 1.82) is 0 Å². The van der Waals surface area contributed by atoms with Crippen LogP contribution in [-0.4, -0.2) is 12.3 Å². The number of hydrogen-bond donors (Lipinski definition) is 2. The van der Waals surface area contributed by atoms with Crippen LogP contribution in [0.3, 0.4) is 0 Å². The van der Waals surface area contributed by atoms with E-state index in [1.807, 2.05) is 25.1 Å². The van der Waals surface area contributed by atoms with Crippen molar-refractivity contribution in [2.45, 2.75) is 6.92 Å². The van der Waals surface area contributed by atoms with E-state index in [1.54, 1.807) is 30.3 Å². The third-order valence-corrected chi connectivity index (χ3v) is 2.74. The molecule has 19 heavy (non-hydrogen) atoms. The van der Waals surface area contributed by atoms with Crippen molar-refractivity contribution < 1.29 is 9.59 Å². The Balaban J connectivity index is 2.15. The van der Waals surface area contributed by atoms with Gasteiger partial charge in [0.25, 0.3) is 5.91 Å². The highest BCUT2D eigenvalue weighted by molar-refractivity contribution is 6.04. The standard InChI is InChI=1S/C15H14N2O2/c1-11-9-13(16-10-18)7-8-14(11)17-15(19)12-5-3-2-4-6-12/h2-10H,1H3,(H,16,18)(H,17,19). The number of rotatable bonds is 4. The molecule has 0 bridgehead atoms. The average Bonchev–Trinajstić information content (AvgIpc) is 2.43. The molecule has 0 saturated heterocycles. The third kappa shape index (κ3) is 3.19. The van der Waals surface area contributed by atoms with Gasteiger partial charge in [0, 0.05) is 16.9 Å². The highest BCUT2D eigenvalue weighted by atomic mass is 16.1. The van der Waals surface area contributed by atoms with Crippen molar-refractivity contribution in [2.24, 2.45) is 0 Å². The van der Waals surface area contributed by atoms with Crippen LogP contribution in [0.5, 0.6) is 0 Å². The number of nitrogens with one attached hydrogen (secondary N) is 2. The number of amides is 2. The summed E-state index contributed by atoms with van der Waals surface area (Å²) in [7, 11) is 0. The summed E-state index contributed by atoms with van der Waals surface area (Å²) in [5.74, 6) is -0.153.